The van der Waals surface area contributed by atoms with Gasteiger partial charge < -0.3 is 19.9 Å². The van der Waals surface area contributed by atoms with Crippen molar-refractivity contribution in [3.63, 3.8) is 0 Å². The number of rotatable bonds is 4. The van der Waals surface area contributed by atoms with Gasteiger partial charge in [-0.3, -0.25) is 24.1 Å². The number of fused-ring (bicyclic) bond motifs is 3. The Bertz CT molecular complexity index is 1600. The van der Waals surface area contributed by atoms with Crippen LogP contribution in [0.1, 0.15) is 31.2 Å². The van der Waals surface area contributed by atoms with Gasteiger partial charge in [0.1, 0.15) is 0 Å². The summed E-state index contributed by atoms with van der Waals surface area (Å²) >= 11 is 0. The summed E-state index contributed by atoms with van der Waals surface area (Å²) < 4.78 is 5.32. The fourth-order valence-electron chi connectivity index (χ4n) is 6.69. The molecule has 2 amide bonds. The van der Waals surface area contributed by atoms with Crippen LogP contribution in [0.15, 0.2) is 76.9 Å². The normalized spacial score (nSPS) is 25.8. The SMILES string of the molecule is COc1cc(C2C3=CCC4C(=O)N(c5cccc(B(O)O)c5)C(=O)C4C3CC3=C2C(=O)C(C)=CC3=O)ccc1O. The van der Waals surface area contributed by atoms with E-state index in [9.17, 15) is 34.3 Å². The summed E-state index contributed by atoms with van der Waals surface area (Å²) in [5, 5.41) is 29.4. The van der Waals surface area contributed by atoms with Crippen LogP contribution < -0.4 is 15.1 Å². The molecule has 2 aromatic carbocycles. The highest BCUT2D eigenvalue weighted by molar-refractivity contribution is 6.58. The van der Waals surface area contributed by atoms with Crippen LogP contribution in [0.4, 0.5) is 5.69 Å². The monoisotopic (exact) mass is 539 g/mol. The van der Waals surface area contributed by atoms with Crippen LogP contribution in [-0.2, 0) is 19.2 Å². The Morgan fingerprint density at radius 2 is 1.77 bits per heavy atom. The molecule has 0 radical (unpaired) electrons. The number of carbonyl (C=O) groups excluding carboxylic acids is 4. The molecule has 3 N–H and O–H groups in total. The van der Waals surface area contributed by atoms with Crippen molar-refractivity contribution in [1.82, 2.24) is 0 Å². The lowest BCUT2D eigenvalue weighted by atomic mass is 9.59. The summed E-state index contributed by atoms with van der Waals surface area (Å²) in [5.74, 6) is -3.81. The third-order valence-corrected chi connectivity index (χ3v) is 8.53. The van der Waals surface area contributed by atoms with Crippen LogP contribution in [0.2, 0.25) is 0 Å². The molecule has 40 heavy (non-hydrogen) atoms. The smallest absolute Gasteiger partial charge is 0.488 e. The number of carbonyl (C=O) groups is 4. The van der Waals surface area contributed by atoms with Crippen LogP contribution in [0.3, 0.4) is 0 Å². The first-order chi connectivity index (χ1) is 19.1. The quantitative estimate of drug-likeness (QED) is 0.231. The van der Waals surface area contributed by atoms with Crippen molar-refractivity contribution in [2.75, 3.05) is 12.0 Å². The Kier molecular flexibility index (Phi) is 6.12. The molecule has 0 aromatic heterocycles. The summed E-state index contributed by atoms with van der Waals surface area (Å²) in [5.41, 5.74) is 2.83. The van der Waals surface area contributed by atoms with Crippen LogP contribution in [-0.4, -0.2) is 52.8 Å². The highest BCUT2D eigenvalue weighted by Gasteiger charge is 2.56. The number of ether oxygens (including phenoxy) is 1. The minimum atomic E-state index is -1.76. The third kappa shape index (κ3) is 3.78. The van der Waals surface area contributed by atoms with Crippen molar-refractivity contribution in [1.29, 1.82) is 0 Å². The lowest BCUT2D eigenvalue weighted by Gasteiger charge is -2.42. The molecule has 0 bridgehead atoms. The minimum absolute atomic E-state index is 0.0740. The van der Waals surface area contributed by atoms with Gasteiger partial charge in [0.15, 0.2) is 23.1 Å². The number of benzene rings is 2. The molecule has 0 spiro atoms. The van der Waals surface area contributed by atoms with Crippen molar-refractivity contribution < 1.29 is 39.1 Å². The molecule has 1 saturated heterocycles. The highest BCUT2D eigenvalue weighted by atomic mass is 16.5. The number of ketones is 2. The molecular formula is C30H26BNO8. The topological polar surface area (TPSA) is 141 Å². The Balaban J connectivity index is 1.47. The maximum absolute atomic E-state index is 14.0. The highest BCUT2D eigenvalue weighted by Crippen LogP contribution is 2.55. The zero-order chi connectivity index (χ0) is 28.5. The molecule has 202 valence electrons. The maximum atomic E-state index is 14.0. The van der Waals surface area contributed by atoms with E-state index in [-0.39, 0.29) is 53.0 Å². The number of phenolic OH excluding ortho intramolecular Hbond substituents is 1. The van der Waals surface area contributed by atoms with Gasteiger partial charge in [0.05, 0.1) is 24.6 Å². The number of imide groups is 1. The second-order valence-corrected chi connectivity index (χ2v) is 10.6. The van der Waals surface area contributed by atoms with Gasteiger partial charge in [-0.05, 0) is 67.1 Å². The average molecular weight is 539 g/mol. The van der Waals surface area contributed by atoms with E-state index in [1.807, 2.05) is 6.08 Å². The van der Waals surface area contributed by atoms with E-state index in [1.54, 1.807) is 31.2 Å². The van der Waals surface area contributed by atoms with Gasteiger partial charge in [0.25, 0.3) is 0 Å². The first kappa shape index (κ1) is 26.0. The zero-order valence-corrected chi connectivity index (χ0v) is 21.8. The van der Waals surface area contributed by atoms with Gasteiger partial charge in [-0.15, -0.1) is 0 Å². The Morgan fingerprint density at radius 1 is 1.00 bits per heavy atom. The van der Waals surface area contributed by atoms with E-state index >= 15 is 0 Å². The van der Waals surface area contributed by atoms with Crippen LogP contribution in [0, 0.1) is 17.8 Å². The summed E-state index contributed by atoms with van der Waals surface area (Å²) in [7, 11) is -0.344. The zero-order valence-electron chi connectivity index (χ0n) is 21.8. The lowest BCUT2D eigenvalue weighted by molar-refractivity contribution is -0.123. The molecular weight excluding hydrogens is 513 g/mol. The van der Waals surface area contributed by atoms with Gasteiger partial charge in [-0.1, -0.05) is 29.8 Å². The van der Waals surface area contributed by atoms with Gasteiger partial charge in [-0.2, -0.15) is 0 Å². The van der Waals surface area contributed by atoms with E-state index < -0.39 is 36.7 Å². The molecule has 4 unspecified atom stereocenters. The molecule has 1 heterocycles. The molecule has 4 aliphatic rings. The van der Waals surface area contributed by atoms with Crippen LogP contribution in [0.25, 0.3) is 0 Å². The molecule has 6 rings (SSSR count). The van der Waals surface area contributed by atoms with E-state index in [2.05, 4.69) is 0 Å². The fraction of sp³-hybridized carbons (Fsp3) is 0.267. The predicted octanol–water partition coefficient (Wildman–Crippen LogP) is 1.71. The number of anilines is 1. The number of nitrogens with zero attached hydrogens (tertiary/aromatic N) is 1. The van der Waals surface area contributed by atoms with Gasteiger partial charge in [-0.25, -0.2) is 0 Å². The molecule has 9 nitrogen and oxygen atoms in total. The Morgan fingerprint density at radius 3 is 2.50 bits per heavy atom. The molecule has 10 heteroatoms. The van der Waals surface area contributed by atoms with E-state index in [4.69, 9.17) is 4.74 Å². The summed E-state index contributed by atoms with van der Waals surface area (Å²) in [6.07, 6.45) is 3.65. The standard InChI is InChI=1S/C30H26BNO8/c1-14-10-23(34)21-13-20-18(25(27(21)28(14)35)15-6-9-22(33)24(11-15)40-2)7-8-19-26(20)30(37)32(29(19)36)17-5-3-4-16(12-17)31(38)39/h3-7,9-12,19-20,25-26,33,38-39H,8,13H2,1-2H3. The number of methoxy groups -OCH3 is 1. The first-order valence-corrected chi connectivity index (χ1v) is 13.0. The molecule has 1 fully saturated rings. The summed E-state index contributed by atoms with van der Waals surface area (Å²) in [6, 6.07) is 10.8. The first-order valence-electron chi connectivity index (χ1n) is 13.0. The third-order valence-electron chi connectivity index (χ3n) is 8.53. The van der Waals surface area contributed by atoms with E-state index in [0.717, 1.165) is 10.5 Å². The number of amides is 2. The minimum Gasteiger partial charge on any atom is -0.504 e. The van der Waals surface area contributed by atoms with Crippen LogP contribution >= 0.6 is 0 Å². The van der Waals surface area contributed by atoms with E-state index in [1.165, 1.54) is 31.4 Å². The lowest BCUT2D eigenvalue weighted by Crippen LogP contribution is -2.40. The van der Waals surface area contributed by atoms with Crippen molar-refractivity contribution >= 4 is 41.6 Å². The second kappa shape index (κ2) is 9.43. The number of phenols is 1. The van der Waals surface area contributed by atoms with Gasteiger partial charge in [0.2, 0.25) is 11.8 Å². The number of hydrogen-bond acceptors (Lipinski definition) is 8. The number of hydrogen-bond donors (Lipinski definition) is 3. The summed E-state index contributed by atoms with van der Waals surface area (Å²) in [4.78, 5) is 55.4. The maximum Gasteiger partial charge on any atom is 0.488 e. The van der Waals surface area contributed by atoms with Crippen molar-refractivity contribution in [3.05, 3.63) is 82.5 Å². The number of Topliss-reactive ketones (excluding diaryl/α,β-unsaturated/α-hetero) is 1. The van der Waals surface area contributed by atoms with Gasteiger partial charge in [0, 0.05) is 22.6 Å². The molecule has 4 atom stereocenters. The number of allylic oxidation sites excluding steroid dienone is 6. The molecule has 0 saturated carbocycles. The molecule has 3 aliphatic carbocycles. The Hall–Kier alpha value is -4.28. The Labute approximate surface area is 230 Å². The predicted molar refractivity (Wildman–Crippen MR) is 145 cm³/mol. The average Bonchev–Trinajstić information content (AvgIpc) is 3.20. The molecule has 2 aromatic rings. The summed E-state index contributed by atoms with van der Waals surface area (Å²) in [6.45, 7) is 1.60. The van der Waals surface area contributed by atoms with Crippen molar-refractivity contribution in [3.8, 4) is 11.5 Å². The second-order valence-electron chi connectivity index (χ2n) is 10.6. The van der Waals surface area contributed by atoms with Crippen LogP contribution in [0.5, 0.6) is 11.5 Å². The number of aromatic hydroxyl groups is 1. The van der Waals surface area contributed by atoms with Crippen molar-refractivity contribution in [2.24, 2.45) is 17.8 Å². The van der Waals surface area contributed by atoms with Gasteiger partial charge >= 0.3 is 7.12 Å². The largest absolute Gasteiger partial charge is 0.504 e. The molecule has 1 aliphatic heterocycles. The van der Waals surface area contributed by atoms with E-state index in [0.29, 0.717) is 22.3 Å². The fourth-order valence-corrected chi connectivity index (χ4v) is 6.69. The van der Waals surface area contributed by atoms with Crippen molar-refractivity contribution in [2.45, 2.75) is 25.7 Å².